The number of fused-ring (bicyclic) bond motifs is 1. The zero-order valence-electron chi connectivity index (χ0n) is 11.5. The molecule has 100 valence electrons. The molecule has 0 saturated heterocycles. The van der Waals surface area contributed by atoms with Gasteiger partial charge in [0.15, 0.2) is 0 Å². The van der Waals surface area contributed by atoms with Gasteiger partial charge in [-0.05, 0) is 12.5 Å². The smallest absolute Gasteiger partial charge is 0.139 e. The maximum Gasteiger partial charge on any atom is 0.139 e. The lowest BCUT2D eigenvalue weighted by Crippen LogP contribution is -1.97. The van der Waals surface area contributed by atoms with E-state index in [1.165, 1.54) is 0 Å². The zero-order chi connectivity index (χ0) is 14.3. The first-order valence-corrected chi connectivity index (χ1v) is 6.24. The second kappa shape index (κ2) is 4.38. The lowest BCUT2D eigenvalue weighted by atomic mass is 10.1. The van der Waals surface area contributed by atoms with Crippen molar-refractivity contribution in [2.75, 3.05) is 12.4 Å². The van der Waals surface area contributed by atoms with Crippen LogP contribution < -0.4 is 5.32 Å². The number of hydrogen-bond donors (Lipinski definition) is 2. The zero-order valence-corrected chi connectivity index (χ0v) is 11.5. The summed E-state index contributed by atoms with van der Waals surface area (Å²) < 4.78 is 1.64. The van der Waals surface area contributed by atoms with Gasteiger partial charge in [0, 0.05) is 43.6 Å². The van der Waals surface area contributed by atoms with Gasteiger partial charge in [0.1, 0.15) is 17.4 Å². The fraction of sp³-hybridized carbons (Fsp3) is 0.214. The number of aromatic amines is 1. The maximum atomic E-state index is 9.23. The topological polar surface area (TPSA) is 82.3 Å². The van der Waals surface area contributed by atoms with Crippen LogP contribution in [-0.2, 0) is 7.05 Å². The first-order chi connectivity index (χ1) is 9.65. The molecule has 3 aromatic heterocycles. The Labute approximate surface area is 116 Å². The molecule has 6 nitrogen and oxygen atoms in total. The number of rotatable bonds is 2. The van der Waals surface area contributed by atoms with Gasteiger partial charge < -0.3 is 10.3 Å². The average molecular weight is 266 g/mol. The Morgan fingerprint density at radius 3 is 2.95 bits per heavy atom. The van der Waals surface area contributed by atoms with E-state index in [0.29, 0.717) is 11.3 Å². The Balaban J connectivity index is 2.36. The molecule has 2 N–H and O–H groups in total. The van der Waals surface area contributed by atoms with Crippen LogP contribution in [0.1, 0.15) is 11.1 Å². The van der Waals surface area contributed by atoms with Crippen molar-refractivity contribution in [3.8, 4) is 17.3 Å². The summed E-state index contributed by atoms with van der Waals surface area (Å²) in [5.74, 6) is 0. The SMILES string of the molecule is CNc1c(-c2nn(C)cc2C#N)cnc2[nH]cc(C)c12. The highest BCUT2D eigenvalue weighted by molar-refractivity contribution is 6.00. The molecule has 0 amide bonds. The third kappa shape index (κ3) is 1.64. The number of nitrogens with one attached hydrogen (secondary N) is 2. The molecule has 0 bridgehead atoms. The van der Waals surface area contributed by atoms with E-state index >= 15 is 0 Å². The van der Waals surface area contributed by atoms with E-state index in [-0.39, 0.29) is 0 Å². The molecule has 20 heavy (non-hydrogen) atoms. The molecular weight excluding hydrogens is 252 g/mol. The summed E-state index contributed by atoms with van der Waals surface area (Å²) >= 11 is 0. The number of anilines is 1. The van der Waals surface area contributed by atoms with Gasteiger partial charge in [-0.1, -0.05) is 0 Å². The lowest BCUT2D eigenvalue weighted by molar-refractivity contribution is 0.770. The Kier molecular flexibility index (Phi) is 2.68. The third-order valence-electron chi connectivity index (χ3n) is 3.35. The van der Waals surface area contributed by atoms with Crippen LogP contribution in [0.15, 0.2) is 18.6 Å². The molecule has 0 saturated carbocycles. The largest absolute Gasteiger partial charge is 0.387 e. The van der Waals surface area contributed by atoms with Gasteiger partial charge in [-0.25, -0.2) is 4.98 Å². The standard InChI is InChI=1S/C14H14N6/c1-8-5-17-14-11(8)13(16-2)10(6-18-14)12-9(4-15)7-20(3)19-12/h5-7H,1-3H3,(H2,16,17,18). The van der Waals surface area contributed by atoms with Crippen LogP contribution in [0.25, 0.3) is 22.3 Å². The summed E-state index contributed by atoms with van der Waals surface area (Å²) in [5, 5.41) is 17.9. The van der Waals surface area contributed by atoms with Crippen molar-refractivity contribution in [1.29, 1.82) is 5.26 Å². The van der Waals surface area contributed by atoms with Crippen LogP contribution in [-0.4, -0.2) is 26.8 Å². The number of H-pyrrole nitrogens is 1. The molecule has 0 spiro atoms. The minimum atomic E-state index is 0.540. The predicted octanol–water partition coefficient (Wildman–Crippen LogP) is 2.19. The first-order valence-electron chi connectivity index (χ1n) is 6.24. The second-order valence-electron chi connectivity index (χ2n) is 4.67. The molecule has 0 aromatic carbocycles. The molecule has 0 unspecified atom stereocenters. The van der Waals surface area contributed by atoms with E-state index in [0.717, 1.165) is 27.8 Å². The van der Waals surface area contributed by atoms with Gasteiger partial charge >= 0.3 is 0 Å². The van der Waals surface area contributed by atoms with E-state index in [1.54, 1.807) is 24.1 Å². The van der Waals surface area contributed by atoms with Crippen LogP contribution in [0.3, 0.4) is 0 Å². The molecule has 0 radical (unpaired) electrons. The molecule has 3 rings (SSSR count). The van der Waals surface area contributed by atoms with Crippen LogP contribution >= 0.6 is 0 Å². The van der Waals surface area contributed by atoms with Crippen LogP contribution in [0.4, 0.5) is 5.69 Å². The quantitative estimate of drug-likeness (QED) is 0.744. The Bertz CT molecular complexity index is 833. The highest BCUT2D eigenvalue weighted by Gasteiger charge is 2.17. The summed E-state index contributed by atoms with van der Waals surface area (Å²) in [5.41, 5.74) is 4.88. The van der Waals surface area contributed by atoms with Gasteiger partial charge in [0.25, 0.3) is 0 Å². The number of aryl methyl sites for hydroxylation is 2. The van der Waals surface area contributed by atoms with Crippen molar-refractivity contribution in [2.24, 2.45) is 7.05 Å². The van der Waals surface area contributed by atoms with E-state index in [2.05, 4.69) is 26.5 Å². The van der Waals surface area contributed by atoms with Crippen molar-refractivity contribution in [1.82, 2.24) is 19.7 Å². The number of nitriles is 1. The van der Waals surface area contributed by atoms with Crippen molar-refractivity contribution in [3.05, 3.63) is 29.7 Å². The van der Waals surface area contributed by atoms with Gasteiger partial charge in [-0.15, -0.1) is 0 Å². The molecule has 0 fully saturated rings. The first kappa shape index (κ1) is 12.2. The number of aromatic nitrogens is 4. The lowest BCUT2D eigenvalue weighted by Gasteiger charge is -2.09. The Hall–Kier alpha value is -2.81. The van der Waals surface area contributed by atoms with E-state index in [1.807, 2.05) is 20.2 Å². The summed E-state index contributed by atoms with van der Waals surface area (Å²) in [6.07, 6.45) is 5.38. The maximum absolute atomic E-state index is 9.23. The Morgan fingerprint density at radius 2 is 2.25 bits per heavy atom. The second-order valence-corrected chi connectivity index (χ2v) is 4.67. The monoisotopic (exact) mass is 266 g/mol. The van der Waals surface area contributed by atoms with Gasteiger partial charge in [-0.3, -0.25) is 4.68 Å². The minimum Gasteiger partial charge on any atom is -0.387 e. The van der Waals surface area contributed by atoms with E-state index < -0.39 is 0 Å². The number of pyridine rings is 1. The molecular formula is C14H14N6. The third-order valence-corrected chi connectivity index (χ3v) is 3.35. The molecule has 3 aromatic rings. The van der Waals surface area contributed by atoms with Crippen LogP contribution in [0.5, 0.6) is 0 Å². The van der Waals surface area contributed by atoms with Crippen molar-refractivity contribution < 1.29 is 0 Å². The molecule has 0 atom stereocenters. The van der Waals surface area contributed by atoms with E-state index in [9.17, 15) is 5.26 Å². The summed E-state index contributed by atoms with van der Waals surface area (Å²) in [4.78, 5) is 7.55. The molecule has 0 aliphatic carbocycles. The van der Waals surface area contributed by atoms with Crippen molar-refractivity contribution in [2.45, 2.75) is 6.92 Å². The highest BCUT2D eigenvalue weighted by atomic mass is 15.3. The highest BCUT2D eigenvalue weighted by Crippen LogP contribution is 2.35. The van der Waals surface area contributed by atoms with E-state index in [4.69, 9.17) is 0 Å². The summed E-state index contributed by atoms with van der Waals surface area (Å²) in [6, 6.07) is 2.18. The predicted molar refractivity (Wildman–Crippen MR) is 77.3 cm³/mol. The fourth-order valence-corrected chi connectivity index (χ4v) is 2.46. The minimum absolute atomic E-state index is 0.540. The van der Waals surface area contributed by atoms with Crippen molar-refractivity contribution in [3.63, 3.8) is 0 Å². The normalized spacial score (nSPS) is 10.7. The molecule has 0 aliphatic rings. The molecule has 0 aliphatic heterocycles. The summed E-state index contributed by atoms with van der Waals surface area (Å²) in [7, 11) is 3.66. The summed E-state index contributed by atoms with van der Waals surface area (Å²) in [6.45, 7) is 2.02. The van der Waals surface area contributed by atoms with Crippen molar-refractivity contribution >= 4 is 16.7 Å². The average Bonchev–Trinajstić information content (AvgIpc) is 3.01. The molecule has 3 heterocycles. The van der Waals surface area contributed by atoms with Gasteiger partial charge in [0.2, 0.25) is 0 Å². The molecule has 6 heteroatoms. The Morgan fingerprint density at radius 1 is 1.45 bits per heavy atom. The van der Waals surface area contributed by atoms with Gasteiger partial charge in [-0.2, -0.15) is 10.4 Å². The fourth-order valence-electron chi connectivity index (χ4n) is 2.46. The van der Waals surface area contributed by atoms with Crippen LogP contribution in [0, 0.1) is 18.3 Å². The number of hydrogen-bond acceptors (Lipinski definition) is 4. The van der Waals surface area contributed by atoms with Crippen LogP contribution in [0.2, 0.25) is 0 Å². The number of nitrogens with zero attached hydrogens (tertiary/aromatic N) is 4. The van der Waals surface area contributed by atoms with Gasteiger partial charge in [0.05, 0.1) is 11.3 Å².